The number of methoxy groups -OCH3 is 2. The Morgan fingerprint density at radius 2 is 1.14 bits per heavy atom. The van der Waals surface area contributed by atoms with Crippen LogP contribution in [-0.4, -0.2) is 26.4 Å². The highest BCUT2D eigenvalue weighted by Gasteiger charge is 2.40. The quantitative estimate of drug-likeness (QED) is 0.679. The Bertz CT molecular complexity index is 161. The molecule has 0 heterocycles. The molecule has 0 aromatic heterocycles. The first kappa shape index (κ1) is 10.4. The van der Waals surface area contributed by atoms with E-state index in [0.717, 1.165) is 11.8 Å². The van der Waals surface area contributed by atoms with Gasteiger partial charge in [0.1, 0.15) is 0 Å². The molecule has 14 heavy (non-hydrogen) atoms. The molecule has 82 valence electrons. The van der Waals surface area contributed by atoms with Crippen molar-refractivity contribution in [3.05, 3.63) is 0 Å². The molecule has 0 spiro atoms. The highest BCUT2D eigenvalue weighted by atomic mass is 16.5. The molecular formula is C12H22O2. The minimum atomic E-state index is 0.506. The van der Waals surface area contributed by atoms with Crippen LogP contribution < -0.4 is 0 Å². The summed E-state index contributed by atoms with van der Waals surface area (Å²) in [4.78, 5) is 0. The first-order valence-corrected chi connectivity index (χ1v) is 5.92. The van der Waals surface area contributed by atoms with Gasteiger partial charge < -0.3 is 9.47 Å². The van der Waals surface area contributed by atoms with E-state index in [1.165, 1.54) is 38.5 Å². The van der Waals surface area contributed by atoms with Gasteiger partial charge in [0.2, 0.25) is 0 Å². The summed E-state index contributed by atoms with van der Waals surface area (Å²) in [6.45, 7) is 0. The van der Waals surface area contributed by atoms with Crippen molar-refractivity contribution in [1.82, 2.24) is 0 Å². The Labute approximate surface area is 87.0 Å². The van der Waals surface area contributed by atoms with Crippen LogP contribution in [0.3, 0.4) is 0 Å². The van der Waals surface area contributed by atoms with Crippen LogP contribution in [0.4, 0.5) is 0 Å². The average molecular weight is 198 g/mol. The van der Waals surface area contributed by atoms with Crippen LogP contribution in [0.5, 0.6) is 0 Å². The van der Waals surface area contributed by atoms with Gasteiger partial charge in [-0.15, -0.1) is 0 Å². The van der Waals surface area contributed by atoms with E-state index in [0.29, 0.717) is 12.2 Å². The van der Waals surface area contributed by atoms with E-state index in [2.05, 4.69) is 0 Å². The zero-order valence-corrected chi connectivity index (χ0v) is 9.37. The number of hydrogen-bond acceptors (Lipinski definition) is 2. The summed E-state index contributed by atoms with van der Waals surface area (Å²) >= 11 is 0. The molecule has 0 radical (unpaired) electrons. The normalized spacial score (nSPS) is 43.3. The van der Waals surface area contributed by atoms with Gasteiger partial charge in [0.05, 0.1) is 12.2 Å². The number of hydrogen-bond donors (Lipinski definition) is 0. The first-order valence-electron chi connectivity index (χ1n) is 5.92. The van der Waals surface area contributed by atoms with Crippen LogP contribution in [0.25, 0.3) is 0 Å². The maximum absolute atomic E-state index is 5.60. The van der Waals surface area contributed by atoms with Crippen molar-refractivity contribution in [2.24, 2.45) is 11.8 Å². The van der Waals surface area contributed by atoms with Crippen LogP contribution in [-0.2, 0) is 9.47 Å². The lowest BCUT2D eigenvalue weighted by Gasteiger charge is -2.44. The standard InChI is InChI=1S/C12H22O2/c1-13-11-7-8-12(14-2)10-6-4-3-5-9(10)11/h9-12H,3-8H2,1-2H3/t9-,10-,11-,12-/m0/s1. The summed E-state index contributed by atoms with van der Waals surface area (Å²) in [6.07, 6.45) is 8.87. The van der Waals surface area contributed by atoms with Crippen molar-refractivity contribution in [2.75, 3.05) is 14.2 Å². The van der Waals surface area contributed by atoms with Gasteiger partial charge in [-0.2, -0.15) is 0 Å². The molecule has 0 amide bonds. The molecule has 0 unspecified atom stereocenters. The largest absolute Gasteiger partial charge is 0.381 e. The first-order chi connectivity index (χ1) is 6.86. The maximum Gasteiger partial charge on any atom is 0.0604 e. The molecule has 0 aliphatic heterocycles. The van der Waals surface area contributed by atoms with Crippen molar-refractivity contribution in [3.8, 4) is 0 Å². The second-order valence-electron chi connectivity index (χ2n) is 4.74. The molecule has 2 heteroatoms. The Hall–Kier alpha value is -0.0800. The average Bonchev–Trinajstić information content (AvgIpc) is 2.27. The van der Waals surface area contributed by atoms with Crippen molar-refractivity contribution >= 4 is 0 Å². The van der Waals surface area contributed by atoms with E-state index in [-0.39, 0.29) is 0 Å². The van der Waals surface area contributed by atoms with E-state index < -0.39 is 0 Å². The molecular weight excluding hydrogens is 176 g/mol. The summed E-state index contributed by atoms with van der Waals surface area (Å²) in [5, 5.41) is 0. The number of rotatable bonds is 2. The molecule has 2 nitrogen and oxygen atoms in total. The fraction of sp³-hybridized carbons (Fsp3) is 1.00. The summed E-state index contributed by atoms with van der Waals surface area (Å²) in [7, 11) is 3.73. The molecule has 0 bridgehead atoms. The van der Waals surface area contributed by atoms with Gasteiger partial charge >= 0.3 is 0 Å². The molecule has 0 aromatic carbocycles. The Balaban J connectivity index is 2.05. The topological polar surface area (TPSA) is 18.5 Å². The maximum atomic E-state index is 5.60. The molecule has 0 aromatic rings. The zero-order valence-electron chi connectivity index (χ0n) is 9.37. The van der Waals surface area contributed by atoms with Gasteiger partial charge in [0.15, 0.2) is 0 Å². The van der Waals surface area contributed by atoms with E-state index in [4.69, 9.17) is 9.47 Å². The van der Waals surface area contributed by atoms with Crippen LogP contribution >= 0.6 is 0 Å². The highest BCUT2D eigenvalue weighted by molar-refractivity contribution is 4.91. The van der Waals surface area contributed by atoms with Gasteiger partial charge in [-0.25, -0.2) is 0 Å². The summed E-state index contributed by atoms with van der Waals surface area (Å²) in [5.41, 5.74) is 0. The van der Waals surface area contributed by atoms with Crippen molar-refractivity contribution < 1.29 is 9.47 Å². The summed E-state index contributed by atoms with van der Waals surface area (Å²) < 4.78 is 11.2. The Kier molecular flexibility index (Phi) is 3.45. The summed E-state index contributed by atoms with van der Waals surface area (Å²) in [5.74, 6) is 1.54. The molecule has 0 saturated heterocycles. The van der Waals surface area contributed by atoms with Gasteiger partial charge in [-0.05, 0) is 37.5 Å². The molecule has 2 aliphatic carbocycles. The zero-order chi connectivity index (χ0) is 9.97. The SMILES string of the molecule is CO[C@H]1CC[C@H](OC)[C@H]2CCCC[C@@H]21. The third kappa shape index (κ3) is 1.82. The van der Waals surface area contributed by atoms with Crippen LogP contribution in [0, 0.1) is 11.8 Å². The van der Waals surface area contributed by atoms with E-state index in [1.807, 2.05) is 14.2 Å². The van der Waals surface area contributed by atoms with Gasteiger partial charge in [-0.3, -0.25) is 0 Å². The molecule has 0 N–H and O–H groups in total. The molecule has 2 fully saturated rings. The van der Waals surface area contributed by atoms with Crippen molar-refractivity contribution in [1.29, 1.82) is 0 Å². The minimum absolute atomic E-state index is 0.506. The van der Waals surface area contributed by atoms with Crippen molar-refractivity contribution in [3.63, 3.8) is 0 Å². The summed E-state index contributed by atoms with van der Waals surface area (Å²) in [6, 6.07) is 0. The second kappa shape index (κ2) is 4.63. The Morgan fingerprint density at radius 3 is 1.50 bits per heavy atom. The Morgan fingerprint density at radius 1 is 0.714 bits per heavy atom. The van der Waals surface area contributed by atoms with Gasteiger partial charge in [0, 0.05) is 14.2 Å². The number of ether oxygens (including phenoxy) is 2. The third-order valence-electron chi connectivity index (χ3n) is 4.17. The van der Waals surface area contributed by atoms with Crippen LogP contribution in [0.1, 0.15) is 38.5 Å². The monoisotopic (exact) mass is 198 g/mol. The van der Waals surface area contributed by atoms with Crippen LogP contribution in [0.15, 0.2) is 0 Å². The lowest BCUT2D eigenvalue weighted by Crippen LogP contribution is -2.44. The second-order valence-corrected chi connectivity index (χ2v) is 4.74. The minimum Gasteiger partial charge on any atom is -0.381 e. The van der Waals surface area contributed by atoms with Crippen LogP contribution in [0.2, 0.25) is 0 Å². The van der Waals surface area contributed by atoms with E-state index >= 15 is 0 Å². The highest BCUT2D eigenvalue weighted by Crippen LogP contribution is 2.42. The predicted molar refractivity (Wildman–Crippen MR) is 56.3 cm³/mol. The molecule has 2 aliphatic rings. The van der Waals surface area contributed by atoms with Crippen molar-refractivity contribution in [2.45, 2.75) is 50.7 Å². The van der Waals surface area contributed by atoms with Gasteiger partial charge in [0.25, 0.3) is 0 Å². The lowest BCUT2D eigenvalue weighted by atomic mass is 9.68. The van der Waals surface area contributed by atoms with E-state index in [9.17, 15) is 0 Å². The third-order valence-corrected chi connectivity index (χ3v) is 4.17. The molecule has 4 atom stereocenters. The smallest absolute Gasteiger partial charge is 0.0604 e. The fourth-order valence-electron chi connectivity index (χ4n) is 3.45. The van der Waals surface area contributed by atoms with Gasteiger partial charge in [-0.1, -0.05) is 12.8 Å². The molecule has 2 rings (SSSR count). The lowest BCUT2D eigenvalue weighted by molar-refractivity contribution is -0.0905. The van der Waals surface area contributed by atoms with E-state index in [1.54, 1.807) is 0 Å². The fourth-order valence-corrected chi connectivity index (χ4v) is 3.45. The predicted octanol–water partition coefficient (Wildman–Crippen LogP) is 2.62. The number of fused-ring (bicyclic) bond motifs is 1. The molecule has 2 saturated carbocycles.